The summed E-state index contributed by atoms with van der Waals surface area (Å²) in [4.78, 5) is 15.7. The first kappa shape index (κ1) is 12.4. The second-order valence-electron chi connectivity index (χ2n) is 3.83. The van der Waals surface area contributed by atoms with Gasteiger partial charge in [-0.15, -0.1) is 0 Å². The van der Waals surface area contributed by atoms with Gasteiger partial charge in [-0.2, -0.15) is 0 Å². The van der Waals surface area contributed by atoms with Crippen molar-refractivity contribution in [1.82, 2.24) is 4.98 Å². The van der Waals surface area contributed by atoms with Crippen molar-refractivity contribution in [2.75, 3.05) is 5.32 Å². The molecule has 0 saturated heterocycles. The van der Waals surface area contributed by atoms with Crippen molar-refractivity contribution in [3.63, 3.8) is 0 Å². The summed E-state index contributed by atoms with van der Waals surface area (Å²) in [5, 5.41) is 12.6. The van der Waals surface area contributed by atoms with Gasteiger partial charge in [-0.05, 0) is 36.8 Å². The number of aromatic nitrogens is 1. The van der Waals surface area contributed by atoms with Crippen LogP contribution in [-0.4, -0.2) is 16.0 Å². The molecule has 0 aliphatic carbocycles. The number of aromatic hydroxyl groups is 1. The number of hydrogen-bond donors (Lipinski definition) is 2. The molecule has 1 aromatic carbocycles. The van der Waals surface area contributed by atoms with E-state index < -0.39 is 0 Å². The third-order valence-corrected chi connectivity index (χ3v) is 2.69. The minimum atomic E-state index is -0.325. The molecule has 1 amide bonds. The Morgan fingerprint density at radius 2 is 2.00 bits per heavy atom. The maximum atomic E-state index is 11.9. The van der Waals surface area contributed by atoms with Crippen molar-refractivity contribution >= 4 is 23.2 Å². The van der Waals surface area contributed by atoms with Crippen molar-refractivity contribution < 1.29 is 9.90 Å². The molecule has 2 aromatic rings. The van der Waals surface area contributed by atoms with Crippen LogP contribution in [0.2, 0.25) is 5.02 Å². The van der Waals surface area contributed by atoms with Crippen LogP contribution in [0.25, 0.3) is 0 Å². The van der Waals surface area contributed by atoms with Gasteiger partial charge >= 0.3 is 0 Å². The Balaban J connectivity index is 2.28. The number of amides is 1. The van der Waals surface area contributed by atoms with E-state index in [1.54, 1.807) is 24.3 Å². The molecule has 1 aromatic heterocycles. The van der Waals surface area contributed by atoms with Crippen LogP contribution in [0.15, 0.2) is 36.7 Å². The molecule has 0 spiro atoms. The lowest BCUT2D eigenvalue weighted by atomic mass is 10.2. The van der Waals surface area contributed by atoms with Crippen LogP contribution in [0.5, 0.6) is 5.75 Å². The number of carbonyl (C=O) groups excluding carboxylic acids is 1. The first-order valence-corrected chi connectivity index (χ1v) is 5.66. The van der Waals surface area contributed by atoms with Crippen molar-refractivity contribution in [1.29, 1.82) is 0 Å². The zero-order valence-corrected chi connectivity index (χ0v) is 10.4. The molecule has 0 unspecified atom stereocenters. The van der Waals surface area contributed by atoms with E-state index in [9.17, 15) is 9.90 Å². The topological polar surface area (TPSA) is 62.2 Å². The molecule has 0 bridgehead atoms. The Kier molecular flexibility index (Phi) is 3.48. The molecule has 2 rings (SSSR count). The third kappa shape index (κ3) is 2.60. The minimum Gasteiger partial charge on any atom is -0.504 e. The lowest BCUT2D eigenvalue weighted by molar-refractivity contribution is 0.102. The van der Waals surface area contributed by atoms with E-state index >= 15 is 0 Å². The largest absolute Gasteiger partial charge is 0.504 e. The number of phenols is 1. The molecule has 0 fully saturated rings. The predicted molar refractivity (Wildman–Crippen MR) is 70.0 cm³/mol. The lowest BCUT2D eigenvalue weighted by Crippen LogP contribution is -2.12. The van der Waals surface area contributed by atoms with Gasteiger partial charge in [0.25, 0.3) is 5.91 Å². The average molecular weight is 263 g/mol. The molecule has 1 heterocycles. The number of halogens is 1. The van der Waals surface area contributed by atoms with Crippen molar-refractivity contribution in [2.45, 2.75) is 6.92 Å². The second kappa shape index (κ2) is 5.06. The zero-order chi connectivity index (χ0) is 13.1. The molecule has 0 radical (unpaired) electrons. The third-order valence-electron chi connectivity index (χ3n) is 2.40. The summed E-state index contributed by atoms with van der Waals surface area (Å²) in [6.07, 6.45) is 3.05. The van der Waals surface area contributed by atoms with Gasteiger partial charge in [0.2, 0.25) is 0 Å². The molecular weight excluding hydrogens is 252 g/mol. The van der Waals surface area contributed by atoms with Gasteiger partial charge in [0, 0.05) is 18.0 Å². The summed E-state index contributed by atoms with van der Waals surface area (Å²) in [6.45, 7) is 1.83. The van der Waals surface area contributed by atoms with Crippen molar-refractivity contribution in [3.8, 4) is 5.75 Å². The highest BCUT2D eigenvalue weighted by Gasteiger charge is 2.11. The molecule has 0 aliphatic rings. The normalized spacial score (nSPS) is 10.1. The van der Waals surface area contributed by atoms with E-state index in [4.69, 9.17) is 11.6 Å². The Labute approximate surface area is 109 Å². The van der Waals surface area contributed by atoms with Crippen LogP contribution in [0.3, 0.4) is 0 Å². The van der Waals surface area contributed by atoms with Crippen LogP contribution in [-0.2, 0) is 0 Å². The van der Waals surface area contributed by atoms with E-state index in [1.807, 2.05) is 6.92 Å². The molecule has 0 aliphatic heterocycles. The molecule has 0 saturated carbocycles. The Morgan fingerprint density at radius 3 is 2.67 bits per heavy atom. The first-order chi connectivity index (χ1) is 8.58. The monoisotopic (exact) mass is 262 g/mol. The molecular formula is C13H11ClN2O2. The number of phenolic OH excluding ortho intramolecular Hbond substituents is 1. The summed E-state index contributed by atoms with van der Waals surface area (Å²) in [5.74, 6) is -0.459. The van der Waals surface area contributed by atoms with Crippen molar-refractivity contribution in [2.24, 2.45) is 0 Å². The summed E-state index contributed by atoms with van der Waals surface area (Å²) in [7, 11) is 0. The van der Waals surface area contributed by atoms with Gasteiger partial charge in [-0.1, -0.05) is 11.6 Å². The van der Waals surface area contributed by atoms with E-state index in [0.717, 1.165) is 5.56 Å². The second-order valence-corrected chi connectivity index (χ2v) is 4.24. The standard InChI is InChI=1S/C13H11ClN2O2/c1-8-6-10(14)12(17)11(7-8)16-13(18)9-2-4-15-5-3-9/h2-7,17H,1H3,(H,16,18). The molecule has 92 valence electrons. The lowest BCUT2D eigenvalue weighted by Gasteiger charge is -2.09. The fourth-order valence-corrected chi connectivity index (χ4v) is 1.80. The van der Waals surface area contributed by atoms with Gasteiger partial charge in [0.1, 0.15) is 0 Å². The number of carbonyl (C=O) groups is 1. The molecule has 2 N–H and O–H groups in total. The summed E-state index contributed by atoms with van der Waals surface area (Å²) in [5.41, 5.74) is 1.60. The van der Waals surface area contributed by atoms with Gasteiger partial charge in [-0.25, -0.2) is 0 Å². The molecule has 4 nitrogen and oxygen atoms in total. The summed E-state index contributed by atoms with van der Waals surface area (Å²) >= 11 is 5.84. The highest BCUT2D eigenvalue weighted by molar-refractivity contribution is 6.32. The fourth-order valence-electron chi connectivity index (χ4n) is 1.53. The van der Waals surface area contributed by atoms with Gasteiger partial charge in [0.05, 0.1) is 10.7 Å². The molecule has 5 heteroatoms. The van der Waals surface area contributed by atoms with E-state index in [2.05, 4.69) is 10.3 Å². The van der Waals surface area contributed by atoms with E-state index in [1.165, 1.54) is 12.4 Å². The quantitative estimate of drug-likeness (QED) is 0.818. The number of pyridine rings is 1. The highest BCUT2D eigenvalue weighted by atomic mass is 35.5. The van der Waals surface area contributed by atoms with E-state index in [-0.39, 0.29) is 16.7 Å². The zero-order valence-electron chi connectivity index (χ0n) is 9.64. The van der Waals surface area contributed by atoms with Gasteiger partial charge in [-0.3, -0.25) is 9.78 Å². The number of benzene rings is 1. The predicted octanol–water partition coefficient (Wildman–Crippen LogP) is 3.00. The number of nitrogens with one attached hydrogen (secondary N) is 1. The Bertz CT molecular complexity index is 585. The maximum absolute atomic E-state index is 11.9. The number of anilines is 1. The SMILES string of the molecule is Cc1cc(Cl)c(O)c(NC(=O)c2ccncc2)c1. The Morgan fingerprint density at radius 1 is 1.33 bits per heavy atom. The van der Waals surface area contributed by atoms with Crippen LogP contribution < -0.4 is 5.32 Å². The van der Waals surface area contributed by atoms with Crippen LogP contribution in [0, 0.1) is 6.92 Å². The first-order valence-electron chi connectivity index (χ1n) is 5.28. The van der Waals surface area contributed by atoms with Gasteiger partial charge in [0.15, 0.2) is 5.75 Å². The number of aryl methyl sites for hydroxylation is 1. The van der Waals surface area contributed by atoms with Crippen molar-refractivity contribution in [3.05, 3.63) is 52.8 Å². The van der Waals surface area contributed by atoms with Crippen LogP contribution in [0.4, 0.5) is 5.69 Å². The number of rotatable bonds is 2. The molecule has 0 atom stereocenters. The van der Waals surface area contributed by atoms with E-state index in [0.29, 0.717) is 11.3 Å². The average Bonchev–Trinajstić information content (AvgIpc) is 2.36. The number of nitrogens with zero attached hydrogens (tertiary/aromatic N) is 1. The Hall–Kier alpha value is -2.07. The minimum absolute atomic E-state index is 0.135. The maximum Gasteiger partial charge on any atom is 0.255 e. The number of hydrogen-bond acceptors (Lipinski definition) is 3. The van der Waals surface area contributed by atoms with Gasteiger partial charge < -0.3 is 10.4 Å². The van der Waals surface area contributed by atoms with Crippen LogP contribution >= 0.6 is 11.6 Å². The van der Waals surface area contributed by atoms with Crippen LogP contribution in [0.1, 0.15) is 15.9 Å². The molecule has 18 heavy (non-hydrogen) atoms. The summed E-state index contributed by atoms with van der Waals surface area (Å²) < 4.78 is 0. The summed E-state index contributed by atoms with van der Waals surface area (Å²) in [6, 6.07) is 6.45. The highest BCUT2D eigenvalue weighted by Crippen LogP contribution is 2.33. The smallest absolute Gasteiger partial charge is 0.255 e. The fraction of sp³-hybridized carbons (Fsp3) is 0.0769.